The third-order valence-electron chi connectivity index (χ3n) is 1.45. The van der Waals surface area contributed by atoms with E-state index in [0.717, 1.165) is 0 Å². The molecule has 0 aromatic heterocycles. The molecule has 0 aliphatic rings. The molecule has 0 heterocycles. The Kier molecular flexibility index (Phi) is 4.21. The molecule has 0 radical (unpaired) electrons. The van der Waals surface area contributed by atoms with Crippen LogP contribution in [-0.4, -0.2) is 25.3 Å². The monoisotopic (exact) mass is 211 g/mol. The van der Waals surface area contributed by atoms with Crippen molar-refractivity contribution in [2.45, 2.75) is 0 Å². The molecule has 1 rings (SSSR count). The van der Waals surface area contributed by atoms with Crippen molar-refractivity contribution in [1.82, 2.24) is 5.01 Å². The SMILES string of the molecule is CN(COC=O)N=Nc1cccc(F)c1. The maximum atomic E-state index is 12.7. The molecule has 0 saturated heterocycles. The Morgan fingerprint density at radius 2 is 2.40 bits per heavy atom. The number of carbonyl (C=O) groups is 1. The van der Waals surface area contributed by atoms with E-state index in [0.29, 0.717) is 12.2 Å². The zero-order chi connectivity index (χ0) is 11.1. The molecule has 0 aliphatic carbocycles. The van der Waals surface area contributed by atoms with Gasteiger partial charge in [-0.3, -0.25) is 4.79 Å². The zero-order valence-electron chi connectivity index (χ0n) is 8.13. The topological polar surface area (TPSA) is 54.3 Å². The lowest BCUT2D eigenvalue weighted by Gasteiger charge is -2.07. The van der Waals surface area contributed by atoms with Crippen LogP contribution in [0.2, 0.25) is 0 Å². The second kappa shape index (κ2) is 5.69. The molecule has 0 bridgehead atoms. The van der Waals surface area contributed by atoms with E-state index in [1.807, 2.05) is 0 Å². The van der Waals surface area contributed by atoms with Crippen molar-refractivity contribution in [2.24, 2.45) is 10.3 Å². The summed E-state index contributed by atoms with van der Waals surface area (Å²) >= 11 is 0. The summed E-state index contributed by atoms with van der Waals surface area (Å²) in [5.41, 5.74) is 0.396. The van der Waals surface area contributed by atoms with Crippen LogP contribution in [0, 0.1) is 5.82 Å². The molecule has 0 fully saturated rings. The summed E-state index contributed by atoms with van der Waals surface area (Å²) in [6, 6.07) is 5.71. The van der Waals surface area contributed by atoms with Crippen LogP contribution in [0.15, 0.2) is 34.6 Å². The minimum Gasteiger partial charge on any atom is -0.445 e. The summed E-state index contributed by atoms with van der Waals surface area (Å²) in [6.45, 7) is 0.316. The van der Waals surface area contributed by atoms with Crippen LogP contribution in [0.5, 0.6) is 0 Å². The molecular weight excluding hydrogens is 201 g/mol. The van der Waals surface area contributed by atoms with Crippen LogP contribution in [0.25, 0.3) is 0 Å². The third-order valence-corrected chi connectivity index (χ3v) is 1.45. The fraction of sp³-hybridized carbons (Fsp3) is 0.222. The van der Waals surface area contributed by atoms with Gasteiger partial charge in [-0.15, -0.1) is 5.11 Å². The van der Waals surface area contributed by atoms with Gasteiger partial charge in [-0.2, -0.15) is 0 Å². The maximum Gasteiger partial charge on any atom is 0.294 e. The lowest BCUT2D eigenvalue weighted by Crippen LogP contribution is -2.13. The van der Waals surface area contributed by atoms with Crippen molar-refractivity contribution in [2.75, 3.05) is 13.8 Å². The number of hydrogen-bond acceptors (Lipinski definition) is 4. The lowest BCUT2D eigenvalue weighted by atomic mass is 10.3. The summed E-state index contributed by atoms with van der Waals surface area (Å²) in [5.74, 6) is -0.377. The van der Waals surface area contributed by atoms with Crippen molar-refractivity contribution >= 4 is 12.2 Å². The molecule has 0 N–H and O–H groups in total. The number of carbonyl (C=O) groups excluding carboxylic acids is 1. The number of halogens is 1. The fourth-order valence-electron chi connectivity index (χ4n) is 0.830. The minimum absolute atomic E-state index is 0.00230. The van der Waals surface area contributed by atoms with E-state index in [9.17, 15) is 9.18 Å². The third kappa shape index (κ3) is 4.17. The van der Waals surface area contributed by atoms with Gasteiger partial charge in [0.05, 0.1) is 5.69 Å². The second-order valence-electron chi connectivity index (χ2n) is 2.72. The largest absolute Gasteiger partial charge is 0.445 e. The summed E-state index contributed by atoms with van der Waals surface area (Å²) in [7, 11) is 1.58. The molecule has 6 heteroatoms. The molecule has 0 unspecified atom stereocenters. The van der Waals surface area contributed by atoms with Gasteiger partial charge in [0.25, 0.3) is 6.47 Å². The van der Waals surface area contributed by atoms with Gasteiger partial charge in [-0.25, -0.2) is 9.40 Å². The Balaban J connectivity index is 2.53. The van der Waals surface area contributed by atoms with Crippen molar-refractivity contribution in [3.05, 3.63) is 30.1 Å². The van der Waals surface area contributed by atoms with Gasteiger partial charge in [-0.05, 0) is 12.1 Å². The second-order valence-corrected chi connectivity index (χ2v) is 2.72. The number of hydrogen-bond donors (Lipinski definition) is 0. The average Bonchev–Trinajstić information content (AvgIpc) is 2.23. The Labute approximate surface area is 86.1 Å². The van der Waals surface area contributed by atoms with Gasteiger partial charge in [0, 0.05) is 13.1 Å². The summed E-state index contributed by atoms with van der Waals surface area (Å²) in [5, 5.41) is 8.72. The average molecular weight is 211 g/mol. The molecule has 0 spiro atoms. The van der Waals surface area contributed by atoms with Crippen LogP contribution >= 0.6 is 0 Å². The van der Waals surface area contributed by atoms with Crippen LogP contribution in [0.1, 0.15) is 0 Å². The highest BCUT2D eigenvalue weighted by Crippen LogP contribution is 2.13. The fourth-order valence-corrected chi connectivity index (χ4v) is 0.830. The molecule has 0 saturated carbocycles. The van der Waals surface area contributed by atoms with E-state index in [4.69, 9.17) is 0 Å². The van der Waals surface area contributed by atoms with E-state index in [-0.39, 0.29) is 12.5 Å². The minimum atomic E-state index is -0.377. The van der Waals surface area contributed by atoms with Crippen LogP contribution in [-0.2, 0) is 9.53 Å². The lowest BCUT2D eigenvalue weighted by molar-refractivity contribution is -0.132. The van der Waals surface area contributed by atoms with Crippen LogP contribution in [0.4, 0.5) is 10.1 Å². The van der Waals surface area contributed by atoms with Gasteiger partial charge >= 0.3 is 0 Å². The summed E-state index contributed by atoms with van der Waals surface area (Å²) in [6.07, 6.45) is 0. The normalized spacial score (nSPS) is 10.3. The molecule has 1 aromatic carbocycles. The molecule has 0 aliphatic heterocycles. The Hall–Kier alpha value is -1.98. The number of rotatable bonds is 5. The van der Waals surface area contributed by atoms with Crippen molar-refractivity contribution in [3.63, 3.8) is 0 Å². The van der Waals surface area contributed by atoms with Gasteiger partial charge < -0.3 is 4.74 Å². The Morgan fingerprint density at radius 1 is 1.60 bits per heavy atom. The van der Waals surface area contributed by atoms with E-state index in [1.165, 1.54) is 23.2 Å². The molecule has 1 aromatic rings. The number of nitrogens with zero attached hydrogens (tertiary/aromatic N) is 3. The summed E-state index contributed by atoms with van der Waals surface area (Å²) < 4.78 is 17.1. The Bertz CT molecular complexity index is 357. The van der Waals surface area contributed by atoms with Gasteiger partial charge in [0.15, 0.2) is 6.73 Å². The predicted molar refractivity (Wildman–Crippen MR) is 50.7 cm³/mol. The quantitative estimate of drug-likeness (QED) is 0.323. The van der Waals surface area contributed by atoms with E-state index >= 15 is 0 Å². The molecule has 0 amide bonds. The summed E-state index contributed by atoms with van der Waals surface area (Å²) in [4.78, 5) is 9.86. The predicted octanol–water partition coefficient (Wildman–Crippen LogP) is 1.89. The standard InChI is InChI=1S/C9H10FN3O2/c1-13(6-15-7-14)12-11-9-4-2-3-8(10)5-9/h2-5,7H,6H2,1H3. The van der Waals surface area contributed by atoms with E-state index in [2.05, 4.69) is 15.1 Å². The van der Waals surface area contributed by atoms with Crippen LogP contribution in [0.3, 0.4) is 0 Å². The van der Waals surface area contributed by atoms with Gasteiger partial charge in [0.1, 0.15) is 5.82 Å². The Morgan fingerprint density at radius 3 is 3.07 bits per heavy atom. The highest BCUT2D eigenvalue weighted by molar-refractivity contribution is 5.36. The first-order valence-electron chi connectivity index (χ1n) is 4.16. The molecule has 80 valence electrons. The van der Waals surface area contributed by atoms with Gasteiger partial charge in [0.2, 0.25) is 0 Å². The van der Waals surface area contributed by atoms with Gasteiger partial charge in [-0.1, -0.05) is 11.3 Å². The molecular formula is C9H10FN3O2. The molecule has 15 heavy (non-hydrogen) atoms. The highest BCUT2D eigenvalue weighted by atomic mass is 19.1. The van der Waals surface area contributed by atoms with Crippen molar-refractivity contribution in [1.29, 1.82) is 0 Å². The van der Waals surface area contributed by atoms with Crippen molar-refractivity contribution in [3.8, 4) is 0 Å². The van der Waals surface area contributed by atoms with E-state index in [1.54, 1.807) is 13.1 Å². The van der Waals surface area contributed by atoms with E-state index < -0.39 is 0 Å². The van der Waals surface area contributed by atoms with Crippen LogP contribution < -0.4 is 0 Å². The molecule has 5 nitrogen and oxygen atoms in total. The number of benzene rings is 1. The first-order valence-corrected chi connectivity index (χ1v) is 4.16. The highest BCUT2D eigenvalue weighted by Gasteiger charge is 1.94. The maximum absolute atomic E-state index is 12.7. The first-order chi connectivity index (χ1) is 7.22. The van der Waals surface area contributed by atoms with Crippen molar-refractivity contribution < 1.29 is 13.9 Å². The molecule has 0 atom stereocenters. The first kappa shape index (κ1) is 11.1. The smallest absolute Gasteiger partial charge is 0.294 e. The zero-order valence-corrected chi connectivity index (χ0v) is 8.13. The number of ether oxygens (including phenoxy) is 1.